The van der Waals surface area contributed by atoms with E-state index >= 15 is 4.79 Å². The molecular weight excluding hydrogens is 738 g/mol. The van der Waals surface area contributed by atoms with Gasteiger partial charge in [0.05, 0.1) is 22.7 Å². The average Bonchev–Trinajstić information content (AvgIpc) is 3.71. The van der Waals surface area contributed by atoms with Crippen LogP contribution in [-0.4, -0.2) is 89.1 Å². The van der Waals surface area contributed by atoms with Crippen LogP contribution < -0.4 is 4.90 Å². The summed E-state index contributed by atoms with van der Waals surface area (Å²) in [4.78, 5) is 62.6. The molecule has 4 heterocycles. The third-order valence-electron chi connectivity index (χ3n) is 10.8. The number of unbranched alkanes of at least 4 members (excludes halogenated alkanes) is 3. The smallest absolute Gasteiger partial charge is 0.313 e. The average molecular weight is 783 g/mol. The van der Waals surface area contributed by atoms with Crippen molar-refractivity contribution in [2.45, 2.75) is 82.3 Å². The van der Waals surface area contributed by atoms with Crippen LogP contribution in [0.5, 0.6) is 0 Å². The number of cyclic esters (lactones) is 1. The lowest BCUT2D eigenvalue weighted by Gasteiger charge is -2.36. The Balaban J connectivity index is 1.47. The van der Waals surface area contributed by atoms with E-state index in [1.54, 1.807) is 33.9 Å². The minimum absolute atomic E-state index is 0.0823. The van der Waals surface area contributed by atoms with E-state index in [0.717, 1.165) is 18.4 Å². The van der Waals surface area contributed by atoms with Gasteiger partial charge in [0.2, 0.25) is 11.8 Å². The number of likely N-dealkylation sites (N-methyl/N-ethyl adjacent to an activating group) is 1. The van der Waals surface area contributed by atoms with Gasteiger partial charge in [-0.2, -0.15) is 0 Å². The van der Waals surface area contributed by atoms with Crippen molar-refractivity contribution in [1.82, 2.24) is 9.80 Å². The number of aliphatic hydroxyl groups is 1. The number of ether oxygens (including phenoxy) is 2. The van der Waals surface area contributed by atoms with Crippen molar-refractivity contribution in [2.75, 3.05) is 31.6 Å². The van der Waals surface area contributed by atoms with E-state index in [-0.39, 0.29) is 43.8 Å². The molecule has 272 valence electrons. The molecule has 10 nitrogen and oxygen atoms in total. The molecule has 12 heteroatoms. The molecule has 0 radical (unpaired) electrons. The summed E-state index contributed by atoms with van der Waals surface area (Å²) in [5.41, 5.74) is 0.559. The molecule has 1 N–H and O–H groups in total. The van der Waals surface area contributed by atoms with Crippen LogP contribution in [0.1, 0.15) is 62.7 Å². The number of para-hydroxylation sites is 1. The predicted octanol–water partition coefficient (Wildman–Crippen LogP) is 5.89. The lowest BCUT2D eigenvalue weighted by Crippen LogP contribution is -2.56. The van der Waals surface area contributed by atoms with Crippen LogP contribution in [0.25, 0.3) is 0 Å². The number of amides is 3. The number of halogens is 2. The lowest BCUT2D eigenvalue weighted by molar-refractivity contribution is -0.164. The van der Waals surface area contributed by atoms with E-state index in [9.17, 15) is 19.5 Å². The number of fused-ring (bicyclic) bond motifs is 2. The fourth-order valence-corrected chi connectivity index (χ4v) is 9.12. The van der Waals surface area contributed by atoms with Crippen LogP contribution in [0, 0.1) is 18.8 Å². The molecule has 6 rings (SSSR count). The Hall–Kier alpha value is -3.51. The summed E-state index contributed by atoms with van der Waals surface area (Å²) in [6, 6.07) is 13.1. The number of anilines is 1. The second-order valence-electron chi connectivity index (χ2n) is 13.9. The molecule has 0 saturated carbocycles. The molecule has 0 aromatic heterocycles. The summed E-state index contributed by atoms with van der Waals surface area (Å²) in [6.45, 7) is 4.20. The van der Waals surface area contributed by atoms with Crippen molar-refractivity contribution in [3.63, 3.8) is 0 Å². The summed E-state index contributed by atoms with van der Waals surface area (Å²) in [5, 5.41) is 9.70. The molecule has 2 aromatic rings. The zero-order valence-electron chi connectivity index (χ0n) is 29.2. The number of carbonyl (C=O) groups excluding carboxylic acids is 4. The zero-order valence-corrected chi connectivity index (χ0v) is 31.5. The topological polar surface area (TPSA) is 117 Å². The van der Waals surface area contributed by atoms with E-state index in [4.69, 9.17) is 21.1 Å². The molecule has 51 heavy (non-hydrogen) atoms. The Bertz CT molecular complexity index is 1700. The largest absolute Gasteiger partial charge is 0.455 e. The van der Waals surface area contributed by atoms with E-state index < -0.39 is 47.7 Å². The Kier molecular flexibility index (Phi) is 11.4. The fourth-order valence-electron chi connectivity index (χ4n) is 8.06. The molecule has 2 saturated heterocycles. The predicted molar refractivity (Wildman–Crippen MR) is 197 cm³/mol. The van der Waals surface area contributed by atoms with Gasteiger partial charge >= 0.3 is 5.97 Å². The number of rotatable bonds is 8. The number of esters is 1. The van der Waals surface area contributed by atoms with Crippen molar-refractivity contribution < 1.29 is 33.8 Å². The molecule has 3 amide bonds. The van der Waals surface area contributed by atoms with Gasteiger partial charge in [-0.3, -0.25) is 19.2 Å². The third-order valence-corrected chi connectivity index (χ3v) is 11.7. The molecule has 4 aliphatic heterocycles. The summed E-state index contributed by atoms with van der Waals surface area (Å²) in [6.07, 6.45) is 7.25. The van der Waals surface area contributed by atoms with Crippen LogP contribution >= 0.6 is 27.5 Å². The molecule has 5 bridgehead atoms. The van der Waals surface area contributed by atoms with Gasteiger partial charge in [-0.25, -0.2) is 0 Å². The summed E-state index contributed by atoms with van der Waals surface area (Å²) in [5.74, 6) is -3.55. The summed E-state index contributed by atoms with van der Waals surface area (Å²) in [7, 11) is 1.70. The first-order valence-electron chi connectivity index (χ1n) is 17.7. The van der Waals surface area contributed by atoms with Gasteiger partial charge in [-0.1, -0.05) is 95.0 Å². The van der Waals surface area contributed by atoms with Gasteiger partial charge in [0.1, 0.15) is 29.8 Å². The van der Waals surface area contributed by atoms with Gasteiger partial charge in [-0.05, 0) is 56.4 Å². The molecule has 0 unspecified atom stereocenters. The number of nitrogens with zero attached hydrogens (tertiary/aromatic N) is 3. The normalized spacial score (nSPS) is 30.5. The van der Waals surface area contributed by atoms with Crippen molar-refractivity contribution >= 4 is 56.9 Å². The van der Waals surface area contributed by atoms with Gasteiger partial charge in [0, 0.05) is 37.6 Å². The van der Waals surface area contributed by atoms with Crippen LogP contribution in [0.4, 0.5) is 5.69 Å². The molecule has 7 atom stereocenters. The highest BCUT2D eigenvalue weighted by molar-refractivity contribution is 9.11. The SMILES string of the molecule is Cc1cccc(Cl)c1N1C/C=C\CCC(=O)N(C)[C@@H](C)[C@H](c2ccccc2)OC(=O)[C@H]2[C@@H]3O[C@@]4(C=C3Br)[C@@H]2C(=O)N(CCCCCCO)[C@@H]4C1=O. The highest BCUT2D eigenvalue weighted by atomic mass is 79.9. The van der Waals surface area contributed by atoms with Crippen molar-refractivity contribution in [1.29, 1.82) is 0 Å². The zero-order chi connectivity index (χ0) is 36.4. The van der Waals surface area contributed by atoms with Crippen LogP contribution in [0.2, 0.25) is 5.02 Å². The molecule has 4 aliphatic rings. The monoisotopic (exact) mass is 781 g/mol. The maximum Gasteiger partial charge on any atom is 0.313 e. The second kappa shape index (κ2) is 15.6. The quantitative estimate of drug-likeness (QED) is 0.202. The van der Waals surface area contributed by atoms with Gasteiger partial charge in [-0.15, -0.1) is 0 Å². The standard InChI is InChI=1S/C39H45BrClN3O7/c1-24-15-14-18-28(41)32(24)43-20-12-7-10-19-29(46)42(3)25(2)33(26-16-8-6-9-17-26)50-38(49)30-31-36(47)44(21-11-4-5-13-22-45)35(37(43)48)39(31)23-27(40)34(30)51-39/h6-9,12,14-18,23,25,30-31,33-35,45H,4-5,10-11,13,19-22H2,1-3H3/b12-7-/t25-,30+,31-,33+,34+,35+,39-/m0/s1. The van der Waals surface area contributed by atoms with E-state index in [1.165, 1.54) is 0 Å². The Morgan fingerprint density at radius 3 is 2.43 bits per heavy atom. The Labute approximate surface area is 312 Å². The van der Waals surface area contributed by atoms with Crippen LogP contribution in [0.15, 0.2) is 71.2 Å². The number of benzene rings is 2. The van der Waals surface area contributed by atoms with Gasteiger partial charge in [0.15, 0.2) is 0 Å². The van der Waals surface area contributed by atoms with Gasteiger partial charge < -0.3 is 29.3 Å². The van der Waals surface area contributed by atoms with E-state index in [1.807, 2.05) is 68.5 Å². The number of hydrogen-bond acceptors (Lipinski definition) is 7. The fraction of sp³-hybridized carbons (Fsp3) is 0.487. The molecule has 1 spiro atoms. The van der Waals surface area contributed by atoms with Crippen LogP contribution in [0.3, 0.4) is 0 Å². The molecular formula is C39H45BrClN3O7. The second-order valence-corrected chi connectivity index (χ2v) is 15.2. The number of allylic oxidation sites excluding steroid dienone is 1. The first-order valence-corrected chi connectivity index (χ1v) is 18.9. The van der Waals surface area contributed by atoms with Crippen molar-refractivity contribution in [3.8, 4) is 0 Å². The van der Waals surface area contributed by atoms with E-state index in [0.29, 0.717) is 40.0 Å². The Morgan fingerprint density at radius 1 is 0.961 bits per heavy atom. The highest BCUT2D eigenvalue weighted by Gasteiger charge is 2.75. The number of aliphatic hydroxyl groups excluding tert-OH is 1. The minimum atomic E-state index is -1.45. The van der Waals surface area contributed by atoms with Crippen molar-refractivity contribution in [2.24, 2.45) is 11.8 Å². The maximum atomic E-state index is 15.2. The molecule has 2 aromatic carbocycles. The highest BCUT2D eigenvalue weighted by Crippen LogP contribution is 2.59. The van der Waals surface area contributed by atoms with Crippen LogP contribution in [-0.2, 0) is 28.7 Å². The minimum Gasteiger partial charge on any atom is -0.455 e. The number of aryl methyl sites for hydroxylation is 1. The summed E-state index contributed by atoms with van der Waals surface area (Å²) < 4.78 is 13.6. The Morgan fingerprint density at radius 2 is 1.71 bits per heavy atom. The maximum absolute atomic E-state index is 15.2. The number of likely N-dealkylation sites (tertiary alicyclic amines) is 1. The first-order chi connectivity index (χ1) is 24.5. The number of carbonyl (C=O) groups is 4. The summed E-state index contributed by atoms with van der Waals surface area (Å²) >= 11 is 10.4. The van der Waals surface area contributed by atoms with Gasteiger partial charge in [0.25, 0.3) is 5.91 Å². The molecule has 2 fully saturated rings. The first kappa shape index (κ1) is 37.3. The molecule has 0 aliphatic carbocycles. The third kappa shape index (κ3) is 6.90. The van der Waals surface area contributed by atoms with Crippen molar-refractivity contribution in [3.05, 3.63) is 87.4 Å². The van der Waals surface area contributed by atoms with E-state index in [2.05, 4.69) is 15.9 Å². The lowest BCUT2D eigenvalue weighted by atomic mass is 9.74. The number of hydrogen-bond donors (Lipinski definition) is 1.